The average molecular weight is 278 g/mol. The molecule has 0 amide bonds. The summed E-state index contributed by atoms with van der Waals surface area (Å²) in [5.41, 5.74) is 1.77. The molecule has 0 aliphatic carbocycles. The van der Waals surface area contributed by atoms with Gasteiger partial charge < -0.3 is 5.11 Å². The summed E-state index contributed by atoms with van der Waals surface area (Å²) in [6, 6.07) is 7.30. The number of hydrogen-bond donors (Lipinski definition) is 2. The summed E-state index contributed by atoms with van der Waals surface area (Å²) < 4.78 is 24.1. The van der Waals surface area contributed by atoms with Gasteiger partial charge in [0.2, 0.25) is 10.0 Å². The Morgan fingerprint density at radius 2 is 1.94 bits per heavy atom. The van der Waals surface area contributed by atoms with E-state index in [0.717, 1.165) is 17.4 Å². The van der Waals surface area contributed by atoms with E-state index >= 15 is 0 Å². The highest BCUT2D eigenvalue weighted by atomic mass is 35.5. The van der Waals surface area contributed by atoms with Gasteiger partial charge in [0.15, 0.2) is 0 Å². The number of alkyl halides is 1. The van der Waals surface area contributed by atoms with Gasteiger partial charge in [-0.25, -0.2) is 13.1 Å². The van der Waals surface area contributed by atoms with Crippen LogP contribution >= 0.6 is 11.6 Å². The summed E-state index contributed by atoms with van der Waals surface area (Å²) >= 11 is 5.53. The lowest BCUT2D eigenvalue weighted by molar-refractivity contribution is 0.202. The molecule has 0 spiro atoms. The first kappa shape index (κ1) is 14.4. The summed E-state index contributed by atoms with van der Waals surface area (Å²) in [5, 5.41) is 9.48. The molecule has 0 saturated heterocycles. The van der Waals surface area contributed by atoms with Crippen LogP contribution in [0.1, 0.15) is 17.2 Å². The van der Waals surface area contributed by atoms with Crippen molar-refractivity contribution in [2.24, 2.45) is 0 Å². The van der Waals surface area contributed by atoms with Crippen LogP contribution in [0.5, 0.6) is 0 Å². The Bertz CT molecular complexity index is 444. The Balaban J connectivity index is 2.51. The van der Waals surface area contributed by atoms with Gasteiger partial charge in [0.25, 0.3) is 0 Å². The molecule has 1 atom stereocenters. The van der Waals surface area contributed by atoms with Gasteiger partial charge >= 0.3 is 0 Å². The molecule has 0 unspecified atom stereocenters. The van der Waals surface area contributed by atoms with Crippen molar-refractivity contribution >= 4 is 21.6 Å². The predicted octanol–water partition coefficient (Wildman–Crippen LogP) is 1.05. The second-order valence-corrected chi connectivity index (χ2v) is 5.97. The van der Waals surface area contributed by atoms with E-state index in [1.54, 1.807) is 12.1 Å². The van der Waals surface area contributed by atoms with E-state index in [1.807, 2.05) is 12.1 Å². The number of hydrogen-bond acceptors (Lipinski definition) is 3. The molecule has 1 aromatic carbocycles. The van der Waals surface area contributed by atoms with E-state index < -0.39 is 16.1 Å². The van der Waals surface area contributed by atoms with Crippen LogP contribution in [0.25, 0.3) is 0 Å². The van der Waals surface area contributed by atoms with E-state index in [-0.39, 0.29) is 5.88 Å². The lowest BCUT2D eigenvalue weighted by Gasteiger charge is -2.08. The minimum absolute atomic E-state index is 0.162. The lowest BCUT2D eigenvalue weighted by atomic mass is 10.1. The van der Waals surface area contributed by atoms with Crippen molar-refractivity contribution in [3.63, 3.8) is 0 Å². The van der Waals surface area contributed by atoms with Crippen molar-refractivity contribution in [2.45, 2.75) is 12.5 Å². The van der Waals surface area contributed by atoms with Crippen molar-refractivity contribution in [1.82, 2.24) is 4.72 Å². The molecule has 1 aromatic rings. The second kappa shape index (κ2) is 6.35. The van der Waals surface area contributed by atoms with Crippen LogP contribution in [0.15, 0.2) is 24.3 Å². The normalized spacial score (nSPS) is 13.6. The fourth-order valence-electron chi connectivity index (χ4n) is 1.38. The first-order chi connectivity index (χ1) is 7.92. The molecular formula is C11H16ClNO3S. The number of benzene rings is 1. The molecule has 0 aliphatic heterocycles. The summed E-state index contributed by atoms with van der Waals surface area (Å²) in [5.74, 6) is 0.162. The molecule has 1 rings (SSSR count). The van der Waals surface area contributed by atoms with Gasteiger partial charge in [0.1, 0.15) is 0 Å². The third kappa shape index (κ3) is 5.50. The Kier molecular flexibility index (Phi) is 5.39. The van der Waals surface area contributed by atoms with E-state index in [1.165, 1.54) is 0 Å². The molecule has 0 saturated carbocycles. The molecule has 17 heavy (non-hydrogen) atoms. The largest absolute Gasteiger partial charge is 0.387 e. The molecular weight excluding hydrogens is 262 g/mol. The molecule has 0 aromatic heterocycles. The number of halogens is 1. The van der Waals surface area contributed by atoms with Crippen LogP contribution in [-0.4, -0.2) is 32.2 Å². The van der Waals surface area contributed by atoms with Crippen molar-refractivity contribution in [3.8, 4) is 0 Å². The SMILES string of the molecule is CS(=O)(=O)NCCc1ccc([C@H](O)CCl)cc1. The molecule has 0 fully saturated rings. The second-order valence-electron chi connectivity index (χ2n) is 3.83. The van der Waals surface area contributed by atoms with Crippen LogP contribution < -0.4 is 4.72 Å². The minimum Gasteiger partial charge on any atom is -0.387 e. The average Bonchev–Trinajstić information content (AvgIpc) is 2.27. The van der Waals surface area contributed by atoms with E-state index in [2.05, 4.69) is 4.72 Å². The first-order valence-corrected chi connectivity index (χ1v) is 7.62. The van der Waals surface area contributed by atoms with Gasteiger partial charge in [-0.15, -0.1) is 11.6 Å². The van der Waals surface area contributed by atoms with E-state index in [4.69, 9.17) is 11.6 Å². The maximum absolute atomic E-state index is 10.8. The van der Waals surface area contributed by atoms with Gasteiger partial charge in [-0.2, -0.15) is 0 Å². The van der Waals surface area contributed by atoms with Gasteiger partial charge in [0.05, 0.1) is 18.2 Å². The Labute approximate surface area is 107 Å². The number of sulfonamides is 1. The molecule has 96 valence electrons. The molecule has 6 heteroatoms. The van der Waals surface area contributed by atoms with Gasteiger partial charge in [-0.05, 0) is 17.5 Å². The van der Waals surface area contributed by atoms with Crippen molar-refractivity contribution < 1.29 is 13.5 Å². The molecule has 0 heterocycles. The predicted molar refractivity (Wildman–Crippen MR) is 68.7 cm³/mol. The molecule has 0 bridgehead atoms. The van der Waals surface area contributed by atoms with Crippen LogP contribution in [0, 0.1) is 0 Å². The topological polar surface area (TPSA) is 66.4 Å². The highest BCUT2D eigenvalue weighted by Gasteiger charge is 2.05. The Morgan fingerprint density at radius 1 is 1.35 bits per heavy atom. The quantitative estimate of drug-likeness (QED) is 0.764. The zero-order chi connectivity index (χ0) is 12.9. The lowest BCUT2D eigenvalue weighted by Crippen LogP contribution is -2.24. The minimum atomic E-state index is -3.13. The number of aliphatic hydroxyl groups is 1. The van der Waals surface area contributed by atoms with Crippen LogP contribution in [0.3, 0.4) is 0 Å². The number of rotatable bonds is 6. The van der Waals surface area contributed by atoms with Crippen LogP contribution in [0.2, 0.25) is 0 Å². The monoisotopic (exact) mass is 277 g/mol. The molecule has 0 radical (unpaired) electrons. The Morgan fingerprint density at radius 3 is 2.41 bits per heavy atom. The maximum Gasteiger partial charge on any atom is 0.208 e. The van der Waals surface area contributed by atoms with E-state index in [0.29, 0.717) is 13.0 Å². The van der Waals surface area contributed by atoms with Crippen LogP contribution in [-0.2, 0) is 16.4 Å². The standard InChI is InChI=1S/C11H16ClNO3S/c1-17(15,16)13-7-6-9-2-4-10(5-3-9)11(14)8-12/h2-5,11,13-14H,6-8H2,1H3/t11-/m1/s1. The molecule has 0 aliphatic rings. The molecule has 2 N–H and O–H groups in total. The summed E-state index contributed by atoms with van der Waals surface area (Å²) in [7, 11) is -3.13. The summed E-state index contributed by atoms with van der Waals surface area (Å²) in [6.07, 6.45) is 1.09. The van der Waals surface area contributed by atoms with Crippen molar-refractivity contribution in [1.29, 1.82) is 0 Å². The Hall–Kier alpha value is -0.620. The van der Waals surface area contributed by atoms with Gasteiger partial charge in [0, 0.05) is 6.54 Å². The van der Waals surface area contributed by atoms with Crippen molar-refractivity contribution in [3.05, 3.63) is 35.4 Å². The number of aliphatic hydroxyl groups excluding tert-OH is 1. The first-order valence-electron chi connectivity index (χ1n) is 5.20. The smallest absolute Gasteiger partial charge is 0.208 e. The van der Waals surface area contributed by atoms with E-state index in [9.17, 15) is 13.5 Å². The van der Waals surface area contributed by atoms with Gasteiger partial charge in [-0.1, -0.05) is 24.3 Å². The summed E-state index contributed by atoms with van der Waals surface area (Å²) in [6.45, 7) is 0.371. The highest BCUT2D eigenvalue weighted by Crippen LogP contribution is 2.15. The zero-order valence-electron chi connectivity index (χ0n) is 9.56. The maximum atomic E-state index is 10.8. The van der Waals surface area contributed by atoms with Gasteiger partial charge in [-0.3, -0.25) is 0 Å². The third-order valence-corrected chi connectivity index (χ3v) is 3.31. The fourth-order valence-corrected chi connectivity index (χ4v) is 2.03. The van der Waals surface area contributed by atoms with Crippen LogP contribution in [0.4, 0.5) is 0 Å². The molecule has 4 nitrogen and oxygen atoms in total. The fraction of sp³-hybridized carbons (Fsp3) is 0.455. The zero-order valence-corrected chi connectivity index (χ0v) is 11.1. The number of nitrogens with one attached hydrogen (secondary N) is 1. The highest BCUT2D eigenvalue weighted by molar-refractivity contribution is 7.88. The van der Waals surface area contributed by atoms with Crippen molar-refractivity contribution in [2.75, 3.05) is 18.7 Å². The third-order valence-electron chi connectivity index (χ3n) is 2.29. The summed E-state index contributed by atoms with van der Waals surface area (Å²) in [4.78, 5) is 0.